The molecule has 0 amide bonds. The van der Waals surface area contributed by atoms with Crippen molar-refractivity contribution >= 4 is 18.2 Å². The Kier molecular flexibility index (Phi) is 6.32. The van der Waals surface area contributed by atoms with E-state index in [9.17, 15) is 5.26 Å². The predicted molar refractivity (Wildman–Crippen MR) is 114 cm³/mol. The molecule has 1 heterocycles. The Morgan fingerprint density at radius 1 is 1.26 bits per heavy atom. The average molecular weight is 366 g/mol. The van der Waals surface area contributed by atoms with E-state index >= 15 is 0 Å². The fourth-order valence-electron chi connectivity index (χ4n) is 3.11. The van der Waals surface area contributed by atoms with Gasteiger partial charge < -0.3 is 14.8 Å². The molecule has 1 atom stereocenters. The van der Waals surface area contributed by atoms with Crippen LogP contribution in [0, 0.1) is 30.6 Å². The molecular weight excluding hydrogens is 334 g/mol. The zero-order valence-electron chi connectivity index (χ0n) is 17.4. The molecule has 0 aliphatic rings. The van der Waals surface area contributed by atoms with Gasteiger partial charge in [0.2, 0.25) is 6.17 Å². The highest BCUT2D eigenvalue weighted by atomic mass is 15.2. The molecule has 1 N–H and O–H groups in total. The number of anilines is 2. The molecule has 1 unspecified atom stereocenters. The van der Waals surface area contributed by atoms with E-state index in [0.717, 1.165) is 24.5 Å². The minimum Gasteiger partial charge on any atom is -0.369 e. The van der Waals surface area contributed by atoms with Crippen molar-refractivity contribution in [1.82, 2.24) is 4.57 Å². The summed E-state index contributed by atoms with van der Waals surface area (Å²) in [5.74, 6) is 0.941. The lowest BCUT2D eigenvalue weighted by Crippen LogP contribution is -2.25. The summed E-state index contributed by atoms with van der Waals surface area (Å²) in [6.07, 6.45) is -0.653. The maximum Gasteiger partial charge on any atom is 0.207 e. The third-order valence-corrected chi connectivity index (χ3v) is 4.46. The highest BCUT2D eigenvalue weighted by molar-refractivity contribution is 5.53. The number of aromatic nitrogens is 1. The molecule has 2 aromatic rings. The van der Waals surface area contributed by atoms with E-state index in [4.69, 9.17) is 0 Å². The van der Waals surface area contributed by atoms with Gasteiger partial charge in [0.25, 0.3) is 0 Å². The van der Waals surface area contributed by atoms with Gasteiger partial charge in [-0.25, -0.2) is 0 Å². The lowest BCUT2D eigenvalue weighted by atomic mass is 9.97. The van der Waals surface area contributed by atoms with Crippen molar-refractivity contribution in [2.75, 3.05) is 17.3 Å². The molecule has 0 saturated heterocycles. The molecule has 0 aliphatic heterocycles. The van der Waals surface area contributed by atoms with E-state index in [1.54, 1.807) is 0 Å². The lowest BCUT2D eigenvalue weighted by molar-refractivity contribution is 0.341. The molecule has 1 aromatic carbocycles. The summed E-state index contributed by atoms with van der Waals surface area (Å²) >= 11 is 0. The van der Waals surface area contributed by atoms with E-state index in [0.29, 0.717) is 0 Å². The SMILES string of the molecule is C=NC(C#N)Nc1c(C)cc(CN(C)c2ccc(C)cc2)n1CC(C)(C)C. The van der Waals surface area contributed by atoms with Crippen LogP contribution in [0.5, 0.6) is 0 Å². The van der Waals surface area contributed by atoms with E-state index < -0.39 is 6.17 Å². The first-order chi connectivity index (χ1) is 12.6. The Bertz CT molecular complexity index is 818. The molecule has 0 bridgehead atoms. The van der Waals surface area contributed by atoms with Crippen molar-refractivity contribution in [2.45, 2.75) is 53.9 Å². The number of nitrogens with zero attached hydrogens (tertiary/aromatic N) is 4. The van der Waals surface area contributed by atoms with Crippen molar-refractivity contribution < 1.29 is 0 Å². The van der Waals surface area contributed by atoms with Gasteiger partial charge in [-0.15, -0.1) is 0 Å². The van der Waals surface area contributed by atoms with E-state index in [1.807, 2.05) is 0 Å². The second-order valence-corrected chi connectivity index (χ2v) is 8.36. The summed E-state index contributed by atoms with van der Waals surface area (Å²) in [5, 5.41) is 12.5. The van der Waals surface area contributed by atoms with E-state index in [-0.39, 0.29) is 5.41 Å². The number of rotatable bonds is 7. The summed E-state index contributed by atoms with van der Waals surface area (Å²) in [6.45, 7) is 15.9. The van der Waals surface area contributed by atoms with Crippen LogP contribution in [0.15, 0.2) is 35.3 Å². The summed E-state index contributed by atoms with van der Waals surface area (Å²) in [6, 6.07) is 12.9. The van der Waals surface area contributed by atoms with Crippen molar-refractivity contribution in [3.05, 3.63) is 47.2 Å². The number of aliphatic imine (C=N–C) groups is 1. The zero-order chi connectivity index (χ0) is 20.2. The Hall–Kier alpha value is -2.74. The molecule has 5 heteroatoms. The van der Waals surface area contributed by atoms with Gasteiger partial charge in [-0.2, -0.15) is 5.26 Å². The number of hydrogen-bond acceptors (Lipinski definition) is 4. The van der Waals surface area contributed by atoms with Gasteiger partial charge >= 0.3 is 0 Å². The third-order valence-electron chi connectivity index (χ3n) is 4.46. The number of hydrogen-bond donors (Lipinski definition) is 1. The van der Waals surface area contributed by atoms with Crippen molar-refractivity contribution in [2.24, 2.45) is 10.4 Å². The van der Waals surface area contributed by atoms with Gasteiger partial charge in [-0.3, -0.25) is 4.99 Å². The highest BCUT2D eigenvalue weighted by Crippen LogP contribution is 2.29. The van der Waals surface area contributed by atoms with Gasteiger partial charge in [-0.1, -0.05) is 38.5 Å². The predicted octanol–water partition coefficient (Wildman–Crippen LogP) is 4.75. The zero-order valence-corrected chi connectivity index (χ0v) is 17.4. The molecule has 27 heavy (non-hydrogen) atoms. The Balaban J connectivity index is 2.38. The smallest absolute Gasteiger partial charge is 0.207 e. The number of nitriles is 1. The summed E-state index contributed by atoms with van der Waals surface area (Å²) in [5.41, 5.74) is 4.84. The Labute approximate surface area is 163 Å². The molecular formula is C22H31N5. The Morgan fingerprint density at radius 3 is 2.41 bits per heavy atom. The second-order valence-electron chi connectivity index (χ2n) is 8.36. The fourth-order valence-corrected chi connectivity index (χ4v) is 3.11. The minimum absolute atomic E-state index is 0.100. The molecule has 0 fully saturated rings. The van der Waals surface area contributed by atoms with Crippen LogP contribution in [-0.4, -0.2) is 24.5 Å². The fraction of sp³-hybridized carbons (Fsp3) is 0.455. The summed E-state index contributed by atoms with van der Waals surface area (Å²) in [4.78, 5) is 6.10. The minimum atomic E-state index is -0.653. The second kappa shape index (κ2) is 8.30. The van der Waals surface area contributed by atoms with Crippen LogP contribution < -0.4 is 10.2 Å². The normalized spacial score (nSPS) is 12.3. The third kappa shape index (κ3) is 5.37. The highest BCUT2D eigenvalue weighted by Gasteiger charge is 2.21. The maximum atomic E-state index is 9.26. The number of benzene rings is 1. The summed E-state index contributed by atoms with van der Waals surface area (Å²) in [7, 11) is 2.10. The van der Waals surface area contributed by atoms with Gasteiger partial charge in [0, 0.05) is 25.0 Å². The van der Waals surface area contributed by atoms with Gasteiger partial charge in [0.05, 0.1) is 6.54 Å². The topological polar surface area (TPSA) is 56.4 Å². The molecule has 5 nitrogen and oxygen atoms in total. The molecule has 0 aliphatic carbocycles. The van der Waals surface area contributed by atoms with Crippen LogP contribution in [0.4, 0.5) is 11.5 Å². The van der Waals surface area contributed by atoms with Crippen LogP contribution in [0.3, 0.4) is 0 Å². The van der Waals surface area contributed by atoms with Gasteiger partial charge in [0.15, 0.2) is 0 Å². The molecule has 1 aromatic heterocycles. The first-order valence-corrected chi connectivity index (χ1v) is 9.23. The van der Waals surface area contributed by atoms with Crippen LogP contribution in [0.2, 0.25) is 0 Å². The largest absolute Gasteiger partial charge is 0.369 e. The number of aryl methyl sites for hydroxylation is 2. The molecule has 2 rings (SSSR count). The van der Waals surface area contributed by atoms with Crippen LogP contribution in [0.25, 0.3) is 0 Å². The van der Waals surface area contributed by atoms with Gasteiger partial charge in [0.1, 0.15) is 11.9 Å². The maximum absolute atomic E-state index is 9.26. The Morgan fingerprint density at radius 2 is 1.89 bits per heavy atom. The average Bonchev–Trinajstić information content (AvgIpc) is 2.86. The van der Waals surface area contributed by atoms with Crippen LogP contribution in [-0.2, 0) is 13.1 Å². The quantitative estimate of drug-likeness (QED) is 0.720. The van der Waals surface area contributed by atoms with Crippen molar-refractivity contribution in [3.63, 3.8) is 0 Å². The van der Waals surface area contributed by atoms with Crippen molar-refractivity contribution in [3.8, 4) is 6.07 Å². The van der Waals surface area contributed by atoms with Crippen LogP contribution >= 0.6 is 0 Å². The monoisotopic (exact) mass is 365 g/mol. The van der Waals surface area contributed by atoms with E-state index in [2.05, 4.69) is 105 Å². The molecule has 0 saturated carbocycles. The molecule has 0 spiro atoms. The standard InChI is InChI=1S/C22H31N5/c1-16-8-10-18(11-9-16)26(7)14-19-12-17(2)21(25-20(13-23)24-6)27(19)15-22(3,4)5/h8-12,20,25H,6,14-15H2,1-5,7H3. The lowest BCUT2D eigenvalue weighted by Gasteiger charge is -2.26. The summed E-state index contributed by atoms with van der Waals surface area (Å²) < 4.78 is 2.27. The molecule has 144 valence electrons. The first kappa shape index (κ1) is 20.6. The number of nitrogens with one attached hydrogen (secondary N) is 1. The van der Waals surface area contributed by atoms with Crippen LogP contribution in [0.1, 0.15) is 37.6 Å². The van der Waals surface area contributed by atoms with Crippen molar-refractivity contribution in [1.29, 1.82) is 5.26 Å². The van der Waals surface area contributed by atoms with Gasteiger partial charge in [-0.05, 0) is 49.7 Å². The molecule has 0 radical (unpaired) electrons. The first-order valence-electron chi connectivity index (χ1n) is 9.23. The van der Waals surface area contributed by atoms with E-state index in [1.165, 1.54) is 16.9 Å².